The molecule has 0 fully saturated rings. The second kappa shape index (κ2) is 8.92. The SMILES string of the molecule is O=C([O-])c1ccc(S(=O)(=O)c2ccc(C(=O)[O-])cc2)cc1.[NH3+]CC[NH3+]. The third-order valence-corrected chi connectivity index (χ3v) is 4.84. The molecule has 0 atom stereocenters. The molecule has 0 aliphatic carbocycles. The van der Waals surface area contributed by atoms with Crippen molar-refractivity contribution >= 4 is 21.8 Å². The number of carboxylic acids is 2. The Morgan fingerprint density at radius 3 is 1.20 bits per heavy atom. The highest BCUT2D eigenvalue weighted by atomic mass is 32.2. The minimum atomic E-state index is -3.85. The normalized spacial score (nSPS) is 10.5. The van der Waals surface area contributed by atoms with Crippen molar-refractivity contribution in [2.45, 2.75) is 9.79 Å². The first kappa shape index (κ1) is 20.3. The Kier molecular flexibility index (Phi) is 7.24. The van der Waals surface area contributed by atoms with Crippen LogP contribution in [0.2, 0.25) is 0 Å². The molecule has 0 heterocycles. The van der Waals surface area contributed by atoms with Gasteiger partial charge in [0.2, 0.25) is 9.84 Å². The molecule has 2 aromatic carbocycles. The van der Waals surface area contributed by atoms with Gasteiger partial charge in [-0.05, 0) is 35.4 Å². The Morgan fingerprint density at radius 1 is 0.720 bits per heavy atom. The van der Waals surface area contributed by atoms with Gasteiger partial charge in [-0.1, -0.05) is 24.3 Å². The van der Waals surface area contributed by atoms with E-state index in [9.17, 15) is 28.2 Å². The van der Waals surface area contributed by atoms with Crippen molar-refractivity contribution in [3.8, 4) is 0 Å². The first-order valence-electron chi connectivity index (χ1n) is 7.20. The topological polar surface area (TPSA) is 170 Å². The van der Waals surface area contributed by atoms with Crippen LogP contribution in [-0.2, 0) is 9.84 Å². The quantitative estimate of drug-likeness (QED) is 0.562. The average molecular weight is 366 g/mol. The van der Waals surface area contributed by atoms with E-state index in [4.69, 9.17) is 0 Å². The molecule has 25 heavy (non-hydrogen) atoms. The van der Waals surface area contributed by atoms with Crippen LogP contribution in [0.1, 0.15) is 20.7 Å². The van der Waals surface area contributed by atoms with Gasteiger partial charge in [0.15, 0.2) is 0 Å². The lowest BCUT2D eigenvalue weighted by molar-refractivity contribution is -0.453. The number of carboxylic acid groups (broad SMARTS) is 2. The van der Waals surface area contributed by atoms with Crippen LogP contribution >= 0.6 is 0 Å². The van der Waals surface area contributed by atoms with E-state index in [2.05, 4.69) is 11.5 Å². The third kappa shape index (κ3) is 5.38. The summed E-state index contributed by atoms with van der Waals surface area (Å²) < 4.78 is 24.5. The fraction of sp³-hybridized carbons (Fsp3) is 0.125. The van der Waals surface area contributed by atoms with Crippen LogP contribution in [0.5, 0.6) is 0 Å². The Labute approximate surface area is 144 Å². The van der Waals surface area contributed by atoms with Gasteiger partial charge in [0, 0.05) is 0 Å². The Balaban J connectivity index is 0.000000705. The fourth-order valence-electron chi connectivity index (χ4n) is 1.68. The summed E-state index contributed by atoms with van der Waals surface area (Å²) in [5.41, 5.74) is 6.81. The van der Waals surface area contributed by atoms with Crippen LogP contribution in [0.25, 0.3) is 0 Å². The number of rotatable bonds is 5. The molecule has 9 heteroatoms. The molecule has 0 saturated heterocycles. The number of carbonyl (C=O) groups excluding carboxylic acids is 2. The van der Waals surface area contributed by atoms with Crippen molar-refractivity contribution in [1.29, 1.82) is 0 Å². The molecule has 0 saturated carbocycles. The van der Waals surface area contributed by atoms with Crippen LogP contribution in [0.15, 0.2) is 58.3 Å². The van der Waals surface area contributed by atoms with Gasteiger partial charge in [0.1, 0.15) is 13.1 Å². The Bertz CT molecular complexity index is 764. The monoisotopic (exact) mass is 366 g/mol. The van der Waals surface area contributed by atoms with Crippen molar-refractivity contribution in [3.63, 3.8) is 0 Å². The zero-order valence-corrected chi connectivity index (χ0v) is 14.1. The molecule has 0 radical (unpaired) electrons. The Morgan fingerprint density at radius 2 is 1.00 bits per heavy atom. The molecule has 0 aromatic heterocycles. The van der Waals surface area contributed by atoms with Crippen LogP contribution in [0.3, 0.4) is 0 Å². The summed E-state index contributed by atoms with van der Waals surface area (Å²) in [6.07, 6.45) is 0. The maximum absolute atomic E-state index is 12.3. The number of quaternary nitrogens is 2. The summed E-state index contributed by atoms with van der Waals surface area (Å²) >= 11 is 0. The van der Waals surface area contributed by atoms with Crippen LogP contribution in [-0.4, -0.2) is 33.4 Å². The highest BCUT2D eigenvalue weighted by molar-refractivity contribution is 7.91. The highest BCUT2D eigenvalue weighted by Crippen LogP contribution is 2.21. The van der Waals surface area contributed by atoms with E-state index in [0.29, 0.717) is 0 Å². The van der Waals surface area contributed by atoms with E-state index in [1.165, 1.54) is 0 Å². The molecule has 0 aliphatic heterocycles. The summed E-state index contributed by atoms with van der Waals surface area (Å²) in [5, 5.41) is 21.2. The van der Waals surface area contributed by atoms with Crippen LogP contribution in [0.4, 0.5) is 0 Å². The summed E-state index contributed by atoms with van der Waals surface area (Å²) in [6.45, 7) is 1.92. The van der Waals surface area contributed by atoms with Gasteiger partial charge in [-0.2, -0.15) is 0 Å². The molecular weight excluding hydrogens is 348 g/mol. The molecule has 2 rings (SSSR count). The minimum absolute atomic E-state index is 0.103. The molecule has 0 unspecified atom stereocenters. The van der Waals surface area contributed by atoms with Gasteiger partial charge < -0.3 is 31.3 Å². The number of aromatic carboxylic acids is 2. The van der Waals surface area contributed by atoms with Gasteiger partial charge in [-0.3, -0.25) is 0 Å². The maximum atomic E-state index is 12.3. The summed E-state index contributed by atoms with van der Waals surface area (Å²) in [7, 11) is -3.85. The van der Waals surface area contributed by atoms with E-state index < -0.39 is 21.8 Å². The number of hydrogen-bond donors (Lipinski definition) is 2. The lowest BCUT2D eigenvalue weighted by Gasteiger charge is -2.08. The van der Waals surface area contributed by atoms with Gasteiger partial charge >= 0.3 is 0 Å². The average Bonchev–Trinajstić information content (AvgIpc) is 2.62. The molecule has 0 spiro atoms. The first-order valence-corrected chi connectivity index (χ1v) is 8.68. The van der Waals surface area contributed by atoms with Gasteiger partial charge in [-0.15, -0.1) is 0 Å². The summed E-state index contributed by atoms with van der Waals surface area (Å²) in [4.78, 5) is 21.0. The second-order valence-electron chi connectivity index (χ2n) is 4.83. The smallest absolute Gasteiger partial charge is 0.206 e. The van der Waals surface area contributed by atoms with Gasteiger partial charge in [0.05, 0.1) is 21.7 Å². The van der Waals surface area contributed by atoms with Crippen molar-refractivity contribution in [3.05, 3.63) is 59.7 Å². The largest absolute Gasteiger partial charge is 0.545 e. The first-order chi connectivity index (χ1) is 11.7. The molecule has 0 aliphatic rings. The third-order valence-electron chi connectivity index (χ3n) is 3.05. The van der Waals surface area contributed by atoms with E-state index in [0.717, 1.165) is 61.6 Å². The van der Waals surface area contributed by atoms with E-state index in [-0.39, 0.29) is 20.9 Å². The zero-order valence-electron chi connectivity index (χ0n) is 13.3. The minimum Gasteiger partial charge on any atom is -0.545 e. The van der Waals surface area contributed by atoms with Crippen LogP contribution < -0.4 is 21.7 Å². The summed E-state index contributed by atoms with van der Waals surface area (Å²) in [5.74, 6) is -2.81. The molecule has 0 amide bonds. The standard InChI is InChI=1S/C14H10O6S.C2H8N2/c15-13(16)9-1-5-11(6-2-9)21(19,20)12-7-3-10(4-8-12)14(17)18;3-1-2-4/h1-8H,(H,15,16)(H,17,18);1-4H2. The number of benzene rings is 2. The molecule has 2 aromatic rings. The lowest BCUT2D eigenvalue weighted by atomic mass is 10.2. The number of carbonyl (C=O) groups is 2. The number of hydrogen-bond acceptors (Lipinski definition) is 6. The van der Waals surface area contributed by atoms with E-state index >= 15 is 0 Å². The highest BCUT2D eigenvalue weighted by Gasteiger charge is 2.17. The zero-order chi connectivity index (χ0) is 19.0. The predicted molar refractivity (Wildman–Crippen MR) is 82.5 cm³/mol. The van der Waals surface area contributed by atoms with E-state index in [1.54, 1.807) is 0 Å². The van der Waals surface area contributed by atoms with Crippen molar-refractivity contribution in [2.24, 2.45) is 0 Å². The molecule has 0 bridgehead atoms. The molecule has 6 N–H and O–H groups in total. The fourth-order valence-corrected chi connectivity index (χ4v) is 2.94. The number of sulfone groups is 1. The molecule has 134 valence electrons. The molecular formula is C16H18N2O6S. The molecule has 8 nitrogen and oxygen atoms in total. The lowest BCUT2D eigenvalue weighted by Crippen LogP contribution is -2.64. The van der Waals surface area contributed by atoms with Gasteiger partial charge in [0.25, 0.3) is 0 Å². The second-order valence-corrected chi connectivity index (χ2v) is 6.78. The van der Waals surface area contributed by atoms with E-state index in [1.807, 2.05) is 0 Å². The van der Waals surface area contributed by atoms with Crippen molar-refractivity contribution in [2.75, 3.05) is 13.1 Å². The van der Waals surface area contributed by atoms with Crippen LogP contribution in [0, 0.1) is 0 Å². The van der Waals surface area contributed by atoms with Gasteiger partial charge in [-0.25, -0.2) is 8.42 Å². The predicted octanol–water partition coefficient (Wildman–Crippen LogP) is -3.28. The maximum Gasteiger partial charge on any atom is 0.206 e. The Hall–Kier alpha value is -2.75. The van der Waals surface area contributed by atoms with Crippen molar-refractivity contribution in [1.82, 2.24) is 0 Å². The summed E-state index contributed by atoms with van der Waals surface area (Å²) in [6, 6.07) is 9.07. The van der Waals surface area contributed by atoms with Crippen molar-refractivity contribution < 1.29 is 39.7 Å².